The summed E-state index contributed by atoms with van der Waals surface area (Å²) < 4.78 is 35.0. The van der Waals surface area contributed by atoms with Crippen LogP contribution in [0.1, 0.15) is 19.5 Å². The minimum Gasteiger partial charge on any atom is -0.492 e. The molecule has 1 aromatic heterocycles. The highest BCUT2D eigenvalue weighted by Crippen LogP contribution is 2.27. The molecular weight excluding hydrogens is 410 g/mol. The predicted octanol–water partition coefficient (Wildman–Crippen LogP) is 1.95. The van der Waals surface area contributed by atoms with Gasteiger partial charge in [-0.25, -0.2) is 18.1 Å². The lowest BCUT2D eigenvalue weighted by molar-refractivity contribution is 0.331. The van der Waals surface area contributed by atoms with E-state index in [1.54, 1.807) is 19.1 Å². The molecule has 0 bridgehead atoms. The van der Waals surface area contributed by atoms with E-state index >= 15 is 0 Å². The summed E-state index contributed by atoms with van der Waals surface area (Å²) in [6, 6.07) is 6.25. The average molecular weight is 430 g/mol. The molecule has 2 rings (SSSR count). The van der Waals surface area contributed by atoms with Gasteiger partial charge in [0.15, 0.2) is 0 Å². The summed E-state index contributed by atoms with van der Waals surface area (Å²) in [6.07, 6.45) is 2.10. The van der Waals surface area contributed by atoms with Crippen molar-refractivity contribution in [3.63, 3.8) is 0 Å². The zero-order chi connectivity index (χ0) is 18.4. The second-order valence-corrected chi connectivity index (χ2v) is 7.84. The summed E-state index contributed by atoms with van der Waals surface area (Å²) in [5, 5.41) is 0. The maximum Gasteiger partial charge on any atom is 0.253 e. The summed E-state index contributed by atoms with van der Waals surface area (Å²) in [6.45, 7) is 4.30. The summed E-state index contributed by atoms with van der Waals surface area (Å²) >= 11 is 3.27. The van der Waals surface area contributed by atoms with Crippen LogP contribution in [0.25, 0.3) is 0 Å². The zero-order valence-electron chi connectivity index (χ0n) is 14.0. The first-order valence-electron chi connectivity index (χ1n) is 7.84. The van der Waals surface area contributed by atoms with E-state index in [1.807, 2.05) is 6.92 Å². The minimum atomic E-state index is -3.77. The molecule has 0 aliphatic heterocycles. The molecule has 0 fully saturated rings. The van der Waals surface area contributed by atoms with Crippen molar-refractivity contribution in [1.82, 2.24) is 14.3 Å². The van der Waals surface area contributed by atoms with Gasteiger partial charge in [-0.15, -0.1) is 0 Å². The average Bonchev–Trinajstić information content (AvgIpc) is 2.58. The lowest BCUT2D eigenvalue weighted by Gasteiger charge is -2.13. The second kappa shape index (κ2) is 8.59. The number of aromatic nitrogens is 2. The Bertz CT molecular complexity index is 896. The van der Waals surface area contributed by atoms with Crippen LogP contribution < -0.4 is 15.0 Å². The Morgan fingerprint density at radius 3 is 2.68 bits per heavy atom. The van der Waals surface area contributed by atoms with Crippen molar-refractivity contribution in [2.24, 2.45) is 0 Å². The Balaban J connectivity index is 2.12. The van der Waals surface area contributed by atoms with E-state index in [2.05, 4.69) is 25.6 Å². The number of aryl methyl sites for hydroxylation is 1. The van der Waals surface area contributed by atoms with Gasteiger partial charge in [0.2, 0.25) is 10.0 Å². The summed E-state index contributed by atoms with van der Waals surface area (Å²) in [5.41, 5.74) is 0.501. The van der Waals surface area contributed by atoms with Gasteiger partial charge >= 0.3 is 0 Å². The van der Waals surface area contributed by atoms with E-state index in [1.165, 1.54) is 23.0 Å². The van der Waals surface area contributed by atoms with Gasteiger partial charge in [-0.1, -0.05) is 22.9 Å². The molecule has 25 heavy (non-hydrogen) atoms. The van der Waals surface area contributed by atoms with E-state index in [0.29, 0.717) is 23.2 Å². The Kier molecular flexibility index (Phi) is 6.74. The zero-order valence-corrected chi connectivity index (χ0v) is 16.4. The summed E-state index contributed by atoms with van der Waals surface area (Å²) in [4.78, 5) is 16.1. The van der Waals surface area contributed by atoms with Crippen LogP contribution in [-0.4, -0.2) is 31.1 Å². The number of rotatable bonds is 8. The van der Waals surface area contributed by atoms with Crippen molar-refractivity contribution in [2.75, 3.05) is 13.2 Å². The molecular formula is C16H20BrN3O4S. The molecule has 7 nitrogen and oxygen atoms in total. The Morgan fingerprint density at radius 1 is 1.28 bits per heavy atom. The number of nitrogens with zero attached hydrogens (tertiary/aromatic N) is 2. The topological polar surface area (TPSA) is 90.3 Å². The van der Waals surface area contributed by atoms with Gasteiger partial charge in [0.1, 0.15) is 10.6 Å². The van der Waals surface area contributed by atoms with Crippen molar-refractivity contribution >= 4 is 26.0 Å². The third-order valence-electron chi connectivity index (χ3n) is 3.44. The SMILES string of the molecule is CCOc1ccc(Br)cc1S(=O)(=O)NCCn1cnc(CC)cc1=O. The van der Waals surface area contributed by atoms with Gasteiger partial charge in [-0.3, -0.25) is 9.36 Å². The highest BCUT2D eigenvalue weighted by molar-refractivity contribution is 9.10. The molecule has 0 radical (unpaired) electrons. The molecule has 136 valence electrons. The molecule has 0 unspecified atom stereocenters. The molecule has 1 N–H and O–H groups in total. The molecule has 2 aromatic rings. The van der Waals surface area contributed by atoms with Crippen molar-refractivity contribution < 1.29 is 13.2 Å². The first-order valence-corrected chi connectivity index (χ1v) is 10.1. The number of sulfonamides is 1. The lowest BCUT2D eigenvalue weighted by Crippen LogP contribution is -2.31. The largest absolute Gasteiger partial charge is 0.492 e. The van der Waals surface area contributed by atoms with E-state index in [4.69, 9.17) is 4.74 Å². The van der Waals surface area contributed by atoms with Gasteiger partial charge < -0.3 is 4.74 Å². The van der Waals surface area contributed by atoms with Crippen molar-refractivity contribution in [2.45, 2.75) is 31.7 Å². The van der Waals surface area contributed by atoms with Gasteiger partial charge in [0.25, 0.3) is 5.56 Å². The van der Waals surface area contributed by atoms with E-state index in [0.717, 1.165) is 0 Å². The number of hydrogen-bond acceptors (Lipinski definition) is 5. The summed E-state index contributed by atoms with van der Waals surface area (Å²) in [5.74, 6) is 0.282. The van der Waals surface area contributed by atoms with Crippen LogP contribution in [0.15, 0.2) is 44.8 Å². The number of nitrogens with one attached hydrogen (secondary N) is 1. The number of halogens is 1. The molecule has 0 atom stereocenters. The van der Waals surface area contributed by atoms with Crippen molar-refractivity contribution in [3.8, 4) is 5.75 Å². The van der Waals surface area contributed by atoms with Crippen LogP contribution in [0.3, 0.4) is 0 Å². The Labute approximate surface area is 155 Å². The van der Waals surface area contributed by atoms with Crippen LogP contribution in [-0.2, 0) is 23.0 Å². The van der Waals surface area contributed by atoms with Gasteiger partial charge in [-0.05, 0) is 31.5 Å². The highest BCUT2D eigenvalue weighted by Gasteiger charge is 2.19. The van der Waals surface area contributed by atoms with Gasteiger partial charge in [-0.2, -0.15) is 0 Å². The van der Waals surface area contributed by atoms with Gasteiger partial charge in [0, 0.05) is 29.3 Å². The minimum absolute atomic E-state index is 0.0514. The predicted molar refractivity (Wildman–Crippen MR) is 98.4 cm³/mol. The number of hydrogen-bond donors (Lipinski definition) is 1. The standard InChI is InChI=1S/C16H20BrN3O4S/c1-3-13-10-16(21)20(11-18-13)8-7-19-25(22,23)15-9-12(17)5-6-14(15)24-4-2/h5-6,9-11,19H,3-4,7-8H2,1-2H3. The number of benzene rings is 1. The quantitative estimate of drug-likeness (QED) is 0.692. The maximum atomic E-state index is 12.5. The highest BCUT2D eigenvalue weighted by atomic mass is 79.9. The van der Waals surface area contributed by atoms with Crippen molar-refractivity contribution in [1.29, 1.82) is 0 Å². The molecule has 1 heterocycles. The van der Waals surface area contributed by atoms with E-state index < -0.39 is 10.0 Å². The monoisotopic (exact) mass is 429 g/mol. The fourth-order valence-corrected chi connectivity index (χ4v) is 3.87. The first kappa shape index (κ1) is 19.6. The Morgan fingerprint density at radius 2 is 2.04 bits per heavy atom. The van der Waals surface area contributed by atoms with Crippen LogP contribution in [0.5, 0.6) is 5.75 Å². The molecule has 0 aliphatic carbocycles. The molecule has 0 amide bonds. The third-order valence-corrected chi connectivity index (χ3v) is 5.41. The molecule has 9 heteroatoms. The van der Waals surface area contributed by atoms with Crippen LogP contribution in [0.2, 0.25) is 0 Å². The normalized spacial score (nSPS) is 11.5. The fraction of sp³-hybridized carbons (Fsp3) is 0.375. The summed E-state index contributed by atoms with van der Waals surface area (Å²) in [7, 11) is -3.77. The van der Waals surface area contributed by atoms with Crippen molar-refractivity contribution in [3.05, 3.63) is 51.1 Å². The molecule has 1 aromatic carbocycles. The lowest BCUT2D eigenvalue weighted by atomic mass is 10.3. The maximum absolute atomic E-state index is 12.5. The third kappa shape index (κ3) is 5.13. The first-order chi connectivity index (χ1) is 11.9. The molecule has 0 aliphatic rings. The second-order valence-electron chi connectivity index (χ2n) is 5.19. The molecule has 0 saturated carbocycles. The smallest absolute Gasteiger partial charge is 0.253 e. The molecule has 0 spiro atoms. The van der Waals surface area contributed by atoms with Gasteiger partial charge in [0.05, 0.1) is 12.9 Å². The van der Waals surface area contributed by atoms with E-state index in [9.17, 15) is 13.2 Å². The Hall–Kier alpha value is -1.71. The van der Waals surface area contributed by atoms with Crippen LogP contribution >= 0.6 is 15.9 Å². The fourth-order valence-electron chi connectivity index (χ4n) is 2.17. The van der Waals surface area contributed by atoms with Crippen LogP contribution in [0.4, 0.5) is 0 Å². The van der Waals surface area contributed by atoms with E-state index in [-0.39, 0.29) is 29.3 Å². The van der Waals surface area contributed by atoms with Crippen LogP contribution in [0, 0.1) is 0 Å². The number of ether oxygens (including phenoxy) is 1. The molecule has 0 saturated heterocycles.